The van der Waals surface area contributed by atoms with E-state index in [1.807, 2.05) is 6.07 Å². The van der Waals surface area contributed by atoms with Crippen LogP contribution < -0.4 is 11.1 Å². The Labute approximate surface area is 129 Å². The zero-order valence-electron chi connectivity index (χ0n) is 10.2. The minimum absolute atomic E-state index is 0.260. The van der Waals surface area contributed by atoms with Gasteiger partial charge in [-0.25, -0.2) is 0 Å². The summed E-state index contributed by atoms with van der Waals surface area (Å²) in [6.45, 7) is 0. The Kier molecular flexibility index (Phi) is 4.28. The minimum atomic E-state index is -0.399. The van der Waals surface area contributed by atoms with Crippen LogP contribution >= 0.6 is 27.5 Å². The number of nitrogen functional groups attached to an aromatic ring is 1. The van der Waals surface area contributed by atoms with E-state index in [2.05, 4.69) is 21.2 Å². The number of benzene rings is 2. The molecule has 2 aromatic carbocycles. The molecular formula is C14H9BrClN3O. The monoisotopic (exact) mass is 349 g/mol. The second-order valence-corrected chi connectivity index (χ2v) is 5.32. The first-order valence-corrected chi connectivity index (χ1v) is 6.74. The van der Waals surface area contributed by atoms with Gasteiger partial charge in [0.05, 0.1) is 21.8 Å². The lowest BCUT2D eigenvalue weighted by Crippen LogP contribution is -2.13. The highest BCUT2D eigenvalue weighted by atomic mass is 79.9. The van der Waals surface area contributed by atoms with E-state index in [9.17, 15) is 4.79 Å². The molecule has 4 nitrogen and oxygen atoms in total. The molecule has 0 saturated heterocycles. The zero-order valence-corrected chi connectivity index (χ0v) is 12.5. The van der Waals surface area contributed by atoms with E-state index in [0.717, 1.165) is 4.47 Å². The second kappa shape index (κ2) is 5.95. The number of carbonyl (C=O) groups excluding carboxylic acids is 1. The maximum atomic E-state index is 12.2. The van der Waals surface area contributed by atoms with Gasteiger partial charge in [-0.1, -0.05) is 27.5 Å². The summed E-state index contributed by atoms with van der Waals surface area (Å²) in [5, 5.41) is 11.9. The van der Waals surface area contributed by atoms with Crippen LogP contribution in [0.4, 0.5) is 11.4 Å². The summed E-state index contributed by atoms with van der Waals surface area (Å²) in [4.78, 5) is 12.2. The largest absolute Gasteiger partial charge is 0.399 e. The highest BCUT2D eigenvalue weighted by Gasteiger charge is 2.13. The van der Waals surface area contributed by atoms with Crippen LogP contribution in [0, 0.1) is 11.3 Å². The van der Waals surface area contributed by atoms with E-state index < -0.39 is 5.91 Å². The summed E-state index contributed by atoms with van der Waals surface area (Å²) >= 11 is 9.27. The number of carbonyl (C=O) groups is 1. The Hall–Kier alpha value is -2.03. The highest BCUT2D eigenvalue weighted by molar-refractivity contribution is 9.10. The first-order valence-electron chi connectivity index (χ1n) is 5.57. The first-order chi connectivity index (χ1) is 9.51. The number of hydrogen-bond acceptors (Lipinski definition) is 3. The van der Waals surface area contributed by atoms with Crippen molar-refractivity contribution in [2.75, 3.05) is 11.1 Å². The van der Waals surface area contributed by atoms with Crippen molar-refractivity contribution < 1.29 is 4.79 Å². The molecule has 2 rings (SSSR count). The molecule has 0 aliphatic rings. The Bertz CT molecular complexity index is 725. The van der Waals surface area contributed by atoms with Crippen molar-refractivity contribution in [3.8, 4) is 6.07 Å². The van der Waals surface area contributed by atoms with Crippen LogP contribution in [0.1, 0.15) is 15.9 Å². The van der Waals surface area contributed by atoms with Gasteiger partial charge in [0.15, 0.2) is 0 Å². The number of hydrogen-bond donors (Lipinski definition) is 2. The number of amides is 1. The van der Waals surface area contributed by atoms with Crippen LogP contribution in [-0.2, 0) is 0 Å². The Morgan fingerprint density at radius 2 is 2.05 bits per heavy atom. The molecule has 0 aliphatic carbocycles. The quantitative estimate of drug-likeness (QED) is 0.808. The van der Waals surface area contributed by atoms with Crippen LogP contribution in [0.2, 0.25) is 5.02 Å². The van der Waals surface area contributed by atoms with Gasteiger partial charge in [-0.2, -0.15) is 5.26 Å². The zero-order chi connectivity index (χ0) is 14.7. The molecule has 0 radical (unpaired) electrons. The van der Waals surface area contributed by atoms with Gasteiger partial charge in [0.25, 0.3) is 5.91 Å². The van der Waals surface area contributed by atoms with E-state index in [1.54, 1.807) is 24.3 Å². The van der Waals surface area contributed by atoms with Crippen LogP contribution in [-0.4, -0.2) is 5.91 Å². The molecule has 0 aliphatic heterocycles. The van der Waals surface area contributed by atoms with Crippen LogP contribution in [0.3, 0.4) is 0 Å². The van der Waals surface area contributed by atoms with Gasteiger partial charge in [-0.15, -0.1) is 0 Å². The van der Waals surface area contributed by atoms with Gasteiger partial charge in [0.2, 0.25) is 0 Å². The summed E-state index contributed by atoms with van der Waals surface area (Å²) in [5.41, 5.74) is 7.14. The molecule has 0 fully saturated rings. The van der Waals surface area contributed by atoms with Gasteiger partial charge in [0, 0.05) is 10.2 Å². The second-order valence-electron chi connectivity index (χ2n) is 4.00. The van der Waals surface area contributed by atoms with Gasteiger partial charge in [-0.3, -0.25) is 4.79 Å². The van der Waals surface area contributed by atoms with Crippen molar-refractivity contribution in [1.29, 1.82) is 5.26 Å². The molecule has 1 amide bonds. The third-order valence-corrected chi connectivity index (χ3v) is 3.39. The minimum Gasteiger partial charge on any atom is -0.399 e. The lowest BCUT2D eigenvalue weighted by molar-refractivity contribution is 0.102. The summed E-state index contributed by atoms with van der Waals surface area (Å²) < 4.78 is 0.759. The number of rotatable bonds is 2. The maximum Gasteiger partial charge on any atom is 0.257 e. The van der Waals surface area contributed by atoms with Crippen LogP contribution in [0.25, 0.3) is 0 Å². The van der Waals surface area contributed by atoms with E-state index in [4.69, 9.17) is 22.6 Å². The van der Waals surface area contributed by atoms with E-state index in [-0.39, 0.29) is 5.02 Å². The third kappa shape index (κ3) is 3.10. The number of anilines is 2. The summed E-state index contributed by atoms with van der Waals surface area (Å²) in [7, 11) is 0. The molecule has 20 heavy (non-hydrogen) atoms. The molecular weight excluding hydrogens is 342 g/mol. The Balaban J connectivity index is 2.33. The molecule has 3 N–H and O–H groups in total. The molecule has 0 bridgehead atoms. The lowest BCUT2D eigenvalue weighted by Gasteiger charge is -2.09. The van der Waals surface area contributed by atoms with Crippen molar-refractivity contribution in [3.63, 3.8) is 0 Å². The van der Waals surface area contributed by atoms with Crippen molar-refractivity contribution in [3.05, 3.63) is 57.0 Å². The van der Waals surface area contributed by atoms with Gasteiger partial charge >= 0.3 is 0 Å². The molecule has 6 heteroatoms. The predicted octanol–water partition coefficient (Wildman–Crippen LogP) is 3.81. The summed E-state index contributed by atoms with van der Waals surface area (Å²) in [6, 6.07) is 11.6. The molecule has 0 saturated carbocycles. The lowest BCUT2D eigenvalue weighted by atomic mass is 10.1. The molecule has 0 atom stereocenters. The van der Waals surface area contributed by atoms with Crippen molar-refractivity contribution in [2.24, 2.45) is 0 Å². The van der Waals surface area contributed by atoms with E-state index >= 15 is 0 Å². The average molecular weight is 351 g/mol. The standard InChI is InChI=1S/C14H9BrClN3O/c15-9-2-1-8(7-17)13(5-9)19-14(20)11-4-3-10(18)6-12(11)16/h1-6H,18H2,(H,19,20). The Morgan fingerprint density at radius 1 is 1.30 bits per heavy atom. The number of nitrogens with one attached hydrogen (secondary N) is 1. The fourth-order valence-electron chi connectivity index (χ4n) is 1.62. The number of nitrogens with two attached hydrogens (primary N) is 1. The number of nitrogens with zero attached hydrogens (tertiary/aromatic N) is 1. The molecule has 0 spiro atoms. The normalized spacial score (nSPS) is 9.85. The van der Waals surface area contributed by atoms with E-state index in [0.29, 0.717) is 22.5 Å². The summed E-state index contributed by atoms with van der Waals surface area (Å²) in [6.07, 6.45) is 0. The molecule has 0 heterocycles. The molecule has 100 valence electrons. The molecule has 0 aromatic heterocycles. The van der Waals surface area contributed by atoms with Crippen LogP contribution in [0.15, 0.2) is 40.9 Å². The van der Waals surface area contributed by atoms with Gasteiger partial charge in [-0.05, 0) is 36.4 Å². The number of nitriles is 1. The predicted molar refractivity (Wildman–Crippen MR) is 82.7 cm³/mol. The topological polar surface area (TPSA) is 78.9 Å². The summed E-state index contributed by atoms with van der Waals surface area (Å²) in [5.74, 6) is -0.399. The first kappa shape index (κ1) is 14.4. The third-order valence-electron chi connectivity index (χ3n) is 2.59. The SMILES string of the molecule is N#Cc1ccc(Br)cc1NC(=O)c1ccc(N)cc1Cl. The fraction of sp³-hybridized carbons (Fsp3) is 0. The smallest absolute Gasteiger partial charge is 0.257 e. The van der Waals surface area contributed by atoms with Gasteiger partial charge in [0.1, 0.15) is 6.07 Å². The van der Waals surface area contributed by atoms with Crippen molar-refractivity contribution in [1.82, 2.24) is 0 Å². The van der Waals surface area contributed by atoms with E-state index in [1.165, 1.54) is 12.1 Å². The van der Waals surface area contributed by atoms with Crippen molar-refractivity contribution >= 4 is 44.8 Å². The average Bonchev–Trinajstić information content (AvgIpc) is 2.38. The highest BCUT2D eigenvalue weighted by Crippen LogP contribution is 2.24. The Morgan fingerprint density at radius 3 is 2.70 bits per heavy atom. The molecule has 0 unspecified atom stereocenters. The number of halogens is 2. The van der Waals surface area contributed by atoms with Gasteiger partial charge < -0.3 is 11.1 Å². The maximum absolute atomic E-state index is 12.2. The molecule has 2 aromatic rings. The fourth-order valence-corrected chi connectivity index (χ4v) is 2.26. The van der Waals surface area contributed by atoms with Crippen molar-refractivity contribution in [2.45, 2.75) is 0 Å². The van der Waals surface area contributed by atoms with Crippen LogP contribution in [0.5, 0.6) is 0 Å².